The molecule has 0 spiro atoms. The van der Waals surface area contributed by atoms with Crippen molar-refractivity contribution in [1.82, 2.24) is 0 Å². The van der Waals surface area contributed by atoms with Crippen molar-refractivity contribution in [3.63, 3.8) is 0 Å². The Labute approximate surface area is 114 Å². The summed E-state index contributed by atoms with van der Waals surface area (Å²) >= 11 is 0. The maximum Gasteiger partial charge on any atom is 4.00 e. The molecule has 4 aromatic carbocycles. The summed E-state index contributed by atoms with van der Waals surface area (Å²) < 4.78 is 0. The van der Waals surface area contributed by atoms with Gasteiger partial charge in [-0.15, -0.1) is 0 Å². The molecule has 0 aromatic heterocycles. The van der Waals surface area contributed by atoms with Gasteiger partial charge in [0.15, 0.2) is 0 Å². The van der Waals surface area contributed by atoms with Crippen LogP contribution in [-0.2, 0) is 21.1 Å². The average Bonchev–Trinajstić information content (AvgIpc) is 2.36. The van der Waals surface area contributed by atoms with E-state index in [0.717, 1.165) is 0 Å². The van der Waals surface area contributed by atoms with Crippen molar-refractivity contribution in [2.45, 2.75) is 0 Å². The van der Waals surface area contributed by atoms with Gasteiger partial charge in [-0.05, 0) is 32.3 Å². The molecule has 0 fully saturated rings. The molecule has 0 nitrogen and oxygen atoms in total. The maximum atomic E-state index is 2.21. The third-order valence-electron chi connectivity index (χ3n) is 3.39. The fourth-order valence-corrected chi connectivity index (χ4v) is 2.67. The summed E-state index contributed by atoms with van der Waals surface area (Å²) in [5.41, 5.74) is 0. The first-order valence-corrected chi connectivity index (χ1v) is 5.56. The van der Waals surface area contributed by atoms with Gasteiger partial charge in [-0.1, -0.05) is 60.7 Å². The molecule has 0 saturated carbocycles. The van der Waals surface area contributed by atoms with E-state index in [2.05, 4.69) is 60.7 Å². The molecule has 17 heavy (non-hydrogen) atoms. The largest absolute Gasteiger partial charge is 4.00 e. The van der Waals surface area contributed by atoms with Gasteiger partial charge < -0.3 is 0 Å². The molecular formula is C16H10Pt+4. The number of hydrogen-bond acceptors (Lipinski definition) is 0. The van der Waals surface area contributed by atoms with Crippen molar-refractivity contribution in [1.29, 1.82) is 0 Å². The van der Waals surface area contributed by atoms with E-state index in [9.17, 15) is 0 Å². The summed E-state index contributed by atoms with van der Waals surface area (Å²) in [6.07, 6.45) is 0. The predicted molar refractivity (Wildman–Crippen MR) is 70.1 cm³/mol. The van der Waals surface area contributed by atoms with Gasteiger partial charge in [0.25, 0.3) is 0 Å². The summed E-state index contributed by atoms with van der Waals surface area (Å²) in [5.74, 6) is 0. The molecule has 1 heteroatoms. The van der Waals surface area contributed by atoms with Gasteiger partial charge in [0, 0.05) is 0 Å². The number of hydrogen-bond donors (Lipinski definition) is 0. The fourth-order valence-electron chi connectivity index (χ4n) is 2.67. The summed E-state index contributed by atoms with van der Waals surface area (Å²) in [6, 6.07) is 21.9. The maximum absolute atomic E-state index is 2.21. The molecule has 4 rings (SSSR count). The summed E-state index contributed by atoms with van der Waals surface area (Å²) in [7, 11) is 0. The quantitative estimate of drug-likeness (QED) is 0.381. The van der Waals surface area contributed by atoms with Crippen molar-refractivity contribution in [2.24, 2.45) is 0 Å². The van der Waals surface area contributed by atoms with Gasteiger partial charge in [-0.3, -0.25) is 0 Å². The minimum Gasteiger partial charge on any atom is -0.0610 e. The SMILES string of the molecule is [Pt+4].c1cc2ccc3cccc4ccc(c1)c2c34. The fraction of sp³-hybridized carbons (Fsp3) is 0. The van der Waals surface area contributed by atoms with Crippen molar-refractivity contribution >= 4 is 32.3 Å². The van der Waals surface area contributed by atoms with Gasteiger partial charge in [0.05, 0.1) is 0 Å². The van der Waals surface area contributed by atoms with Crippen LogP contribution in [0.25, 0.3) is 32.3 Å². The van der Waals surface area contributed by atoms with Gasteiger partial charge in [-0.25, -0.2) is 0 Å². The third kappa shape index (κ3) is 1.41. The van der Waals surface area contributed by atoms with Crippen LogP contribution in [-0.4, -0.2) is 0 Å². The molecular weight excluding hydrogens is 387 g/mol. The van der Waals surface area contributed by atoms with E-state index >= 15 is 0 Å². The van der Waals surface area contributed by atoms with Crippen LogP contribution < -0.4 is 0 Å². The van der Waals surface area contributed by atoms with Crippen LogP contribution in [0.3, 0.4) is 0 Å². The monoisotopic (exact) mass is 397 g/mol. The van der Waals surface area contributed by atoms with Crippen LogP contribution in [0, 0.1) is 0 Å². The standard InChI is InChI=1S/C16H10.Pt/c1-3-11-7-9-13-5-2-6-14-10-8-12(4-1)15(11)16(13)14;/h1-10H;/q;+4. The van der Waals surface area contributed by atoms with E-state index in [1.54, 1.807) is 0 Å². The first kappa shape index (κ1) is 10.7. The average molecular weight is 397 g/mol. The van der Waals surface area contributed by atoms with E-state index < -0.39 is 0 Å². The second-order valence-corrected chi connectivity index (χ2v) is 4.29. The smallest absolute Gasteiger partial charge is 0.0610 e. The van der Waals surface area contributed by atoms with Crippen LogP contribution in [0.1, 0.15) is 0 Å². The molecule has 4 aromatic rings. The Morgan fingerprint density at radius 2 is 0.706 bits per heavy atom. The molecule has 0 N–H and O–H groups in total. The Balaban J connectivity index is 0.000000902. The van der Waals surface area contributed by atoms with Crippen molar-refractivity contribution < 1.29 is 21.1 Å². The molecule has 0 amide bonds. The van der Waals surface area contributed by atoms with Gasteiger partial charge in [0.1, 0.15) is 0 Å². The number of benzene rings is 4. The first-order chi connectivity index (χ1) is 7.93. The van der Waals surface area contributed by atoms with E-state index in [0.29, 0.717) is 0 Å². The molecule has 0 atom stereocenters. The van der Waals surface area contributed by atoms with E-state index in [1.807, 2.05) is 0 Å². The Hall–Kier alpha value is -1.39. The Morgan fingerprint density at radius 1 is 0.412 bits per heavy atom. The van der Waals surface area contributed by atoms with Crippen molar-refractivity contribution in [3.8, 4) is 0 Å². The zero-order chi connectivity index (χ0) is 10.5. The van der Waals surface area contributed by atoms with Crippen LogP contribution >= 0.6 is 0 Å². The summed E-state index contributed by atoms with van der Waals surface area (Å²) in [6.45, 7) is 0. The molecule has 0 radical (unpaired) electrons. The third-order valence-corrected chi connectivity index (χ3v) is 3.39. The molecule has 80 valence electrons. The molecule has 0 aliphatic heterocycles. The van der Waals surface area contributed by atoms with E-state index in [-0.39, 0.29) is 21.1 Å². The predicted octanol–water partition coefficient (Wildman–Crippen LogP) is 4.58. The molecule has 0 aliphatic rings. The van der Waals surface area contributed by atoms with E-state index in [4.69, 9.17) is 0 Å². The minimum atomic E-state index is 0. The first-order valence-electron chi connectivity index (χ1n) is 5.56. The molecule has 0 unspecified atom stereocenters. The second kappa shape index (κ2) is 3.82. The second-order valence-electron chi connectivity index (χ2n) is 4.29. The summed E-state index contributed by atoms with van der Waals surface area (Å²) in [4.78, 5) is 0. The van der Waals surface area contributed by atoms with Gasteiger partial charge >= 0.3 is 21.1 Å². The Morgan fingerprint density at radius 3 is 1.00 bits per heavy atom. The van der Waals surface area contributed by atoms with Crippen LogP contribution in [0.4, 0.5) is 0 Å². The zero-order valence-electron chi connectivity index (χ0n) is 9.09. The van der Waals surface area contributed by atoms with E-state index in [1.165, 1.54) is 32.3 Å². The Kier molecular flexibility index (Phi) is 2.41. The topological polar surface area (TPSA) is 0 Å². The van der Waals surface area contributed by atoms with Crippen LogP contribution in [0.5, 0.6) is 0 Å². The molecule has 0 saturated heterocycles. The van der Waals surface area contributed by atoms with Crippen molar-refractivity contribution in [2.75, 3.05) is 0 Å². The van der Waals surface area contributed by atoms with Crippen LogP contribution in [0.15, 0.2) is 60.7 Å². The summed E-state index contributed by atoms with van der Waals surface area (Å²) in [5, 5.41) is 8.14. The van der Waals surface area contributed by atoms with Crippen molar-refractivity contribution in [3.05, 3.63) is 60.7 Å². The molecule has 0 aliphatic carbocycles. The van der Waals surface area contributed by atoms with Crippen LogP contribution in [0.2, 0.25) is 0 Å². The zero-order valence-corrected chi connectivity index (χ0v) is 11.4. The molecule has 0 bridgehead atoms. The van der Waals surface area contributed by atoms with Gasteiger partial charge in [0.2, 0.25) is 0 Å². The molecule has 0 heterocycles. The number of rotatable bonds is 0. The van der Waals surface area contributed by atoms with Gasteiger partial charge in [-0.2, -0.15) is 0 Å². The normalized spacial score (nSPS) is 11.1. The Bertz CT molecular complexity index is 672. The minimum absolute atomic E-state index is 0.